The molecule has 2 aromatic heterocycles. The van der Waals surface area contributed by atoms with Crippen LogP contribution < -0.4 is 16.8 Å². The standard InChI is InChI=1S/C25H31N7O3/c1-25(2,3)21-18(14-32(30-21)16-8-10-31(11-9-16)24(34)35)15-12-17(22(27)28-13-15)23(33)29-20-7-5-4-6-19(20)26/h4-7,12-14,16H,8-11,26H2,1-3H3,(H2,27,28)(H,29,33)(H,34,35). The second-order valence-corrected chi connectivity index (χ2v) is 9.82. The highest BCUT2D eigenvalue weighted by Gasteiger charge is 2.29. The molecule has 0 saturated carbocycles. The summed E-state index contributed by atoms with van der Waals surface area (Å²) >= 11 is 0. The smallest absolute Gasteiger partial charge is 0.407 e. The molecule has 3 aromatic rings. The van der Waals surface area contributed by atoms with Gasteiger partial charge in [-0.2, -0.15) is 5.10 Å². The van der Waals surface area contributed by atoms with Gasteiger partial charge in [0.2, 0.25) is 0 Å². The molecular weight excluding hydrogens is 446 g/mol. The minimum Gasteiger partial charge on any atom is -0.465 e. The summed E-state index contributed by atoms with van der Waals surface area (Å²) in [4.78, 5) is 30.0. The average Bonchev–Trinajstić information content (AvgIpc) is 3.27. The number of carbonyl (C=O) groups excluding carboxylic acids is 1. The first-order valence-corrected chi connectivity index (χ1v) is 11.5. The number of anilines is 3. The first-order chi connectivity index (χ1) is 16.5. The number of hydrogen-bond donors (Lipinski definition) is 4. The van der Waals surface area contributed by atoms with Gasteiger partial charge in [0.15, 0.2) is 0 Å². The second-order valence-electron chi connectivity index (χ2n) is 9.82. The fraction of sp³-hybridized carbons (Fsp3) is 0.360. The normalized spacial score (nSPS) is 14.7. The Balaban J connectivity index is 1.67. The molecule has 1 aromatic carbocycles. The van der Waals surface area contributed by atoms with Crippen molar-refractivity contribution in [1.82, 2.24) is 19.7 Å². The number of nitrogens with two attached hydrogens (primary N) is 2. The molecule has 0 bridgehead atoms. The first kappa shape index (κ1) is 24.1. The lowest BCUT2D eigenvalue weighted by atomic mass is 9.87. The monoisotopic (exact) mass is 477 g/mol. The Bertz CT molecular complexity index is 1250. The van der Waals surface area contributed by atoms with E-state index in [0.717, 1.165) is 16.8 Å². The predicted octanol–water partition coefficient (Wildman–Crippen LogP) is 3.97. The van der Waals surface area contributed by atoms with Crippen molar-refractivity contribution in [2.24, 2.45) is 0 Å². The largest absolute Gasteiger partial charge is 0.465 e. The molecule has 1 aliphatic heterocycles. The van der Waals surface area contributed by atoms with Crippen LogP contribution in [0.2, 0.25) is 0 Å². The van der Waals surface area contributed by atoms with Gasteiger partial charge in [-0.3, -0.25) is 9.48 Å². The molecule has 3 heterocycles. The van der Waals surface area contributed by atoms with Gasteiger partial charge < -0.3 is 26.8 Å². The highest BCUT2D eigenvalue weighted by atomic mass is 16.4. The third-order valence-corrected chi connectivity index (χ3v) is 6.23. The van der Waals surface area contributed by atoms with Crippen LogP contribution in [0.15, 0.2) is 42.7 Å². The van der Waals surface area contributed by atoms with Gasteiger partial charge in [0.05, 0.1) is 28.7 Å². The van der Waals surface area contributed by atoms with Crippen LogP contribution in [0.4, 0.5) is 22.0 Å². The van der Waals surface area contributed by atoms with E-state index in [1.165, 1.54) is 4.90 Å². The highest BCUT2D eigenvalue weighted by Crippen LogP contribution is 2.35. The lowest BCUT2D eigenvalue weighted by Crippen LogP contribution is -2.38. The van der Waals surface area contributed by atoms with Gasteiger partial charge in [-0.15, -0.1) is 0 Å². The number of para-hydroxylation sites is 2. The van der Waals surface area contributed by atoms with Crippen LogP contribution in [0.5, 0.6) is 0 Å². The number of pyridine rings is 1. The van der Waals surface area contributed by atoms with Crippen LogP contribution in [0.25, 0.3) is 11.1 Å². The zero-order chi connectivity index (χ0) is 25.3. The van der Waals surface area contributed by atoms with Gasteiger partial charge >= 0.3 is 6.09 Å². The average molecular weight is 478 g/mol. The van der Waals surface area contributed by atoms with E-state index in [4.69, 9.17) is 16.6 Å². The summed E-state index contributed by atoms with van der Waals surface area (Å²) in [5.41, 5.74) is 15.4. The van der Waals surface area contributed by atoms with Crippen LogP contribution in [-0.4, -0.2) is 49.9 Å². The Labute approximate surface area is 203 Å². The molecule has 2 amide bonds. The van der Waals surface area contributed by atoms with Gasteiger partial charge in [-0.1, -0.05) is 32.9 Å². The zero-order valence-corrected chi connectivity index (χ0v) is 20.2. The zero-order valence-electron chi connectivity index (χ0n) is 20.2. The molecule has 1 aliphatic rings. The maximum absolute atomic E-state index is 13.0. The van der Waals surface area contributed by atoms with Crippen molar-refractivity contribution in [1.29, 1.82) is 0 Å². The van der Waals surface area contributed by atoms with Gasteiger partial charge in [-0.25, -0.2) is 9.78 Å². The van der Waals surface area contributed by atoms with Crippen molar-refractivity contribution >= 4 is 29.2 Å². The van der Waals surface area contributed by atoms with Crippen LogP contribution >= 0.6 is 0 Å². The molecule has 0 unspecified atom stereocenters. The van der Waals surface area contributed by atoms with Crippen molar-refractivity contribution in [2.75, 3.05) is 29.9 Å². The van der Waals surface area contributed by atoms with Gasteiger partial charge in [-0.05, 0) is 31.0 Å². The van der Waals surface area contributed by atoms with E-state index in [9.17, 15) is 14.7 Å². The quantitative estimate of drug-likeness (QED) is 0.415. The van der Waals surface area contributed by atoms with Gasteiger partial charge in [0.1, 0.15) is 5.82 Å². The molecule has 35 heavy (non-hydrogen) atoms. The SMILES string of the molecule is CC(C)(C)c1nn(C2CCN(C(=O)O)CC2)cc1-c1cnc(N)c(C(=O)Nc2ccccc2N)c1. The number of amides is 2. The number of carbonyl (C=O) groups is 2. The van der Waals surface area contributed by atoms with Crippen molar-refractivity contribution < 1.29 is 14.7 Å². The maximum Gasteiger partial charge on any atom is 0.407 e. The summed E-state index contributed by atoms with van der Waals surface area (Å²) in [5, 5.41) is 17.0. The van der Waals surface area contributed by atoms with E-state index in [-0.39, 0.29) is 22.8 Å². The number of aromatic nitrogens is 3. The summed E-state index contributed by atoms with van der Waals surface area (Å²) in [5.74, 6) is -0.285. The molecule has 0 atom stereocenters. The summed E-state index contributed by atoms with van der Waals surface area (Å²) in [6, 6.07) is 8.82. The van der Waals surface area contributed by atoms with Crippen molar-refractivity contribution in [3.8, 4) is 11.1 Å². The Hall–Kier alpha value is -4.08. The van der Waals surface area contributed by atoms with Crippen molar-refractivity contribution in [2.45, 2.75) is 45.1 Å². The minimum absolute atomic E-state index is 0.0889. The number of likely N-dealkylation sites (tertiary alicyclic amines) is 1. The van der Waals surface area contributed by atoms with E-state index in [1.54, 1.807) is 36.5 Å². The number of rotatable bonds is 4. The molecule has 6 N–H and O–H groups in total. The Morgan fingerprint density at radius 2 is 1.83 bits per heavy atom. The molecule has 0 radical (unpaired) electrons. The molecular formula is C25H31N7O3. The molecule has 0 spiro atoms. The van der Waals surface area contributed by atoms with Crippen LogP contribution in [0.1, 0.15) is 55.7 Å². The van der Waals surface area contributed by atoms with E-state index in [1.807, 2.05) is 10.9 Å². The lowest BCUT2D eigenvalue weighted by Gasteiger charge is -2.30. The molecule has 4 rings (SSSR count). The van der Waals surface area contributed by atoms with Gasteiger partial charge in [0, 0.05) is 42.0 Å². The van der Waals surface area contributed by atoms with Crippen LogP contribution in [0, 0.1) is 0 Å². The Morgan fingerprint density at radius 3 is 2.46 bits per heavy atom. The van der Waals surface area contributed by atoms with E-state index in [0.29, 0.717) is 37.3 Å². The summed E-state index contributed by atoms with van der Waals surface area (Å²) in [7, 11) is 0. The van der Waals surface area contributed by atoms with E-state index < -0.39 is 12.0 Å². The lowest BCUT2D eigenvalue weighted by molar-refractivity contribution is 0.102. The Morgan fingerprint density at radius 1 is 1.14 bits per heavy atom. The number of nitrogens with zero attached hydrogens (tertiary/aromatic N) is 4. The highest BCUT2D eigenvalue weighted by molar-refractivity contribution is 6.09. The predicted molar refractivity (Wildman–Crippen MR) is 135 cm³/mol. The first-order valence-electron chi connectivity index (χ1n) is 11.5. The number of hydrogen-bond acceptors (Lipinski definition) is 6. The number of benzene rings is 1. The topological polar surface area (TPSA) is 152 Å². The summed E-state index contributed by atoms with van der Waals surface area (Å²) < 4.78 is 1.93. The van der Waals surface area contributed by atoms with Crippen molar-refractivity contribution in [3.05, 3.63) is 54.0 Å². The second kappa shape index (κ2) is 9.28. The fourth-order valence-corrected chi connectivity index (χ4v) is 4.27. The van der Waals surface area contributed by atoms with Crippen molar-refractivity contribution in [3.63, 3.8) is 0 Å². The Kier molecular flexibility index (Phi) is 6.38. The molecule has 0 aliphatic carbocycles. The van der Waals surface area contributed by atoms with Gasteiger partial charge in [0.25, 0.3) is 5.91 Å². The number of nitrogen functional groups attached to an aromatic ring is 2. The third kappa shape index (κ3) is 5.06. The number of piperidine rings is 1. The van der Waals surface area contributed by atoms with E-state index in [2.05, 4.69) is 31.1 Å². The third-order valence-electron chi connectivity index (χ3n) is 6.23. The maximum atomic E-state index is 13.0. The number of nitrogens with one attached hydrogen (secondary N) is 1. The number of carboxylic acid groups (broad SMARTS) is 1. The van der Waals surface area contributed by atoms with Crippen LogP contribution in [0.3, 0.4) is 0 Å². The molecule has 10 heteroatoms. The fourth-order valence-electron chi connectivity index (χ4n) is 4.27. The minimum atomic E-state index is -0.893. The molecule has 10 nitrogen and oxygen atoms in total. The molecule has 1 fully saturated rings. The summed E-state index contributed by atoms with van der Waals surface area (Å²) in [6.45, 7) is 7.17. The van der Waals surface area contributed by atoms with E-state index >= 15 is 0 Å². The molecule has 1 saturated heterocycles. The summed E-state index contributed by atoms with van der Waals surface area (Å²) in [6.07, 6.45) is 4.08. The van der Waals surface area contributed by atoms with Crippen LogP contribution in [-0.2, 0) is 5.41 Å². The molecule has 184 valence electrons.